The second-order valence-corrected chi connectivity index (χ2v) is 6.23. The van der Waals surface area contributed by atoms with Gasteiger partial charge in [0.2, 0.25) is 0 Å². The number of nitrogens with zero attached hydrogens (tertiary/aromatic N) is 1. The number of aryl methyl sites for hydroxylation is 2. The minimum atomic E-state index is -0.0231. The van der Waals surface area contributed by atoms with Gasteiger partial charge < -0.3 is 9.88 Å². The number of carbonyl (C=O) groups is 1. The molecule has 1 N–H and O–H groups in total. The third kappa shape index (κ3) is 2.79. The van der Waals surface area contributed by atoms with E-state index in [1.807, 2.05) is 42.9 Å². The molecule has 0 aliphatic rings. The van der Waals surface area contributed by atoms with Crippen LogP contribution in [0.5, 0.6) is 0 Å². The maximum atomic E-state index is 11.9. The second kappa shape index (κ2) is 5.06. The Hall–Kier alpha value is -1.07. The Bertz CT molecular complexity index is 525. The molecule has 2 aromatic heterocycles. The predicted molar refractivity (Wildman–Crippen MR) is 73.3 cm³/mol. The third-order valence-electron chi connectivity index (χ3n) is 2.56. The molecule has 0 spiro atoms. The van der Waals surface area contributed by atoms with Crippen LogP contribution in [0.2, 0.25) is 0 Å². The molecule has 2 rings (SSSR count). The molecule has 90 valence electrons. The van der Waals surface area contributed by atoms with E-state index < -0.39 is 0 Å². The van der Waals surface area contributed by atoms with E-state index in [0.717, 1.165) is 19.9 Å². The molecule has 0 saturated heterocycles. The standard InChI is InChI=1S/C12H13BrN2OS/c1-8-6-10(17-11(8)13)12(16)14-7-9-4-3-5-15(9)2/h3-6H,7H2,1-2H3,(H,14,16). The number of aromatic nitrogens is 1. The fraction of sp³-hybridized carbons (Fsp3) is 0.250. The van der Waals surface area contributed by atoms with Gasteiger partial charge in [0.05, 0.1) is 15.2 Å². The molecule has 0 aliphatic carbocycles. The summed E-state index contributed by atoms with van der Waals surface area (Å²) in [6.07, 6.45) is 1.97. The highest BCUT2D eigenvalue weighted by Crippen LogP contribution is 2.27. The smallest absolute Gasteiger partial charge is 0.261 e. The van der Waals surface area contributed by atoms with E-state index in [4.69, 9.17) is 0 Å². The lowest BCUT2D eigenvalue weighted by molar-refractivity contribution is 0.0954. The van der Waals surface area contributed by atoms with E-state index in [0.29, 0.717) is 6.54 Å². The van der Waals surface area contributed by atoms with Crippen molar-refractivity contribution in [1.82, 2.24) is 9.88 Å². The number of carbonyl (C=O) groups excluding carboxylic acids is 1. The third-order valence-corrected chi connectivity index (χ3v) is 4.70. The molecule has 0 unspecified atom stereocenters. The van der Waals surface area contributed by atoms with Crippen LogP contribution >= 0.6 is 27.3 Å². The van der Waals surface area contributed by atoms with Gasteiger partial charge in [-0.15, -0.1) is 11.3 Å². The summed E-state index contributed by atoms with van der Waals surface area (Å²) in [6.45, 7) is 2.53. The molecule has 2 aromatic rings. The molecule has 0 saturated carbocycles. The van der Waals surface area contributed by atoms with Crippen molar-refractivity contribution in [3.8, 4) is 0 Å². The summed E-state index contributed by atoms with van der Waals surface area (Å²) >= 11 is 4.88. The van der Waals surface area contributed by atoms with E-state index in [1.54, 1.807) is 0 Å². The van der Waals surface area contributed by atoms with Gasteiger partial charge >= 0.3 is 0 Å². The minimum Gasteiger partial charge on any atom is -0.353 e. The Balaban J connectivity index is 2.00. The van der Waals surface area contributed by atoms with Crippen LogP contribution in [0.3, 0.4) is 0 Å². The average Bonchev–Trinajstić information content (AvgIpc) is 2.83. The van der Waals surface area contributed by atoms with Crippen molar-refractivity contribution in [1.29, 1.82) is 0 Å². The maximum absolute atomic E-state index is 11.9. The maximum Gasteiger partial charge on any atom is 0.261 e. The Morgan fingerprint density at radius 1 is 1.59 bits per heavy atom. The van der Waals surface area contributed by atoms with Gasteiger partial charge in [0.1, 0.15) is 0 Å². The summed E-state index contributed by atoms with van der Waals surface area (Å²) < 4.78 is 3.01. The van der Waals surface area contributed by atoms with Gasteiger partial charge in [-0.3, -0.25) is 4.79 Å². The van der Waals surface area contributed by atoms with Crippen LogP contribution in [-0.4, -0.2) is 10.5 Å². The Morgan fingerprint density at radius 3 is 2.88 bits per heavy atom. The van der Waals surface area contributed by atoms with Gasteiger partial charge in [-0.25, -0.2) is 0 Å². The first-order valence-corrected chi connectivity index (χ1v) is 6.83. The van der Waals surface area contributed by atoms with Gasteiger partial charge in [0.15, 0.2) is 0 Å². The van der Waals surface area contributed by atoms with Gasteiger partial charge in [-0.2, -0.15) is 0 Å². The fourth-order valence-electron chi connectivity index (χ4n) is 1.51. The lowest BCUT2D eigenvalue weighted by atomic mass is 10.3. The summed E-state index contributed by atoms with van der Waals surface area (Å²) in [5.74, 6) is -0.0231. The van der Waals surface area contributed by atoms with Crippen LogP contribution in [-0.2, 0) is 13.6 Å². The van der Waals surface area contributed by atoms with Crippen LogP contribution in [0, 0.1) is 6.92 Å². The van der Waals surface area contributed by atoms with Gasteiger partial charge in [0.25, 0.3) is 5.91 Å². The molecule has 0 fully saturated rings. The number of nitrogens with one attached hydrogen (secondary N) is 1. The van der Waals surface area contributed by atoms with Crippen LogP contribution in [0.25, 0.3) is 0 Å². The van der Waals surface area contributed by atoms with Gasteiger partial charge in [-0.05, 0) is 46.6 Å². The van der Waals surface area contributed by atoms with Crippen LogP contribution < -0.4 is 5.32 Å². The number of halogens is 1. The Morgan fingerprint density at radius 2 is 2.35 bits per heavy atom. The van der Waals surface area contributed by atoms with Crippen molar-refractivity contribution < 1.29 is 4.79 Å². The van der Waals surface area contributed by atoms with Crippen LogP contribution in [0.4, 0.5) is 0 Å². The normalized spacial score (nSPS) is 10.5. The highest BCUT2D eigenvalue weighted by Gasteiger charge is 2.11. The molecule has 0 radical (unpaired) electrons. The zero-order valence-electron chi connectivity index (χ0n) is 9.66. The Kier molecular flexibility index (Phi) is 3.69. The summed E-state index contributed by atoms with van der Waals surface area (Å²) in [4.78, 5) is 12.6. The zero-order valence-corrected chi connectivity index (χ0v) is 12.1. The molecule has 0 atom stereocenters. The molecule has 1 amide bonds. The van der Waals surface area contributed by atoms with Gasteiger partial charge in [-0.1, -0.05) is 0 Å². The molecule has 5 heteroatoms. The van der Waals surface area contributed by atoms with E-state index in [-0.39, 0.29) is 5.91 Å². The summed E-state index contributed by atoms with van der Waals surface area (Å²) in [6, 6.07) is 5.86. The van der Waals surface area contributed by atoms with Crippen molar-refractivity contribution in [3.05, 3.63) is 44.3 Å². The van der Waals surface area contributed by atoms with Crippen molar-refractivity contribution in [2.24, 2.45) is 7.05 Å². The quantitative estimate of drug-likeness (QED) is 0.928. The van der Waals surface area contributed by atoms with Gasteiger partial charge in [0, 0.05) is 18.9 Å². The number of thiophene rings is 1. The topological polar surface area (TPSA) is 34.0 Å². The summed E-state index contributed by atoms with van der Waals surface area (Å²) in [5, 5.41) is 2.91. The molecule has 17 heavy (non-hydrogen) atoms. The first-order chi connectivity index (χ1) is 8.08. The zero-order chi connectivity index (χ0) is 12.4. The van der Waals surface area contributed by atoms with E-state index in [9.17, 15) is 4.79 Å². The fourth-order valence-corrected chi connectivity index (χ4v) is 2.96. The number of rotatable bonds is 3. The number of hydrogen-bond donors (Lipinski definition) is 1. The van der Waals surface area contributed by atoms with Crippen molar-refractivity contribution >= 4 is 33.2 Å². The van der Waals surface area contributed by atoms with Crippen molar-refractivity contribution in [3.63, 3.8) is 0 Å². The average molecular weight is 313 g/mol. The Labute approximate surface area is 113 Å². The molecular formula is C12H13BrN2OS. The number of amides is 1. The number of hydrogen-bond acceptors (Lipinski definition) is 2. The molecule has 0 aromatic carbocycles. The molecule has 3 nitrogen and oxygen atoms in total. The van der Waals surface area contributed by atoms with E-state index in [2.05, 4.69) is 21.2 Å². The van der Waals surface area contributed by atoms with Crippen molar-refractivity contribution in [2.45, 2.75) is 13.5 Å². The highest BCUT2D eigenvalue weighted by molar-refractivity contribution is 9.11. The lowest BCUT2D eigenvalue weighted by Crippen LogP contribution is -2.22. The second-order valence-electron chi connectivity index (χ2n) is 3.86. The van der Waals surface area contributed by atoms with E-state index in [1.165, 1.54) is 11.3 Å². The summed E-state index contributed by atoms with van der Waals surface area (Å²) in [7, 11) is 1.97. The summed E-state index contributed by atoms with van der Waals surface area (Å²) in [5.41, 5.74) is 2.18. The monoisotopic (exact) mass is 312 g/mol. The van der Waals surface area contributed by atoms with Crippen LogP contribution in [0.15, 0.2) is 28.2 Å². The lowest BCUT2D eigenvalue weighted by Gasteiger charge is -2.04. The highest BCUT2D eigenvalue weighted by atomic mass is 79.9. The molecule has 0 bridgehead atoms. The largest absolute Gasteiger partial charge is 0.353 e. The van der Waals surface area contributed by atoms with E-state index >= 15 is 0 Å². The predicted octanol–water partition coefficient (Wildman–Crippen LogP) is 3.09. The molecular weight excluding hydrogens is 300 g/mol. The van der Waals surface area contributed by atoms with Crippen molar-refractivity contribution in [2.75, 3.05) is 0 Å². The molecule has 0 aliphatic heterocycles. The first-order valence-electron chi connectivity index (χ1n) is 5.22. The first kappa shape index (κ1) is 12.4. The minimum absolute atomic E-state index is 0.0231. The SMILES string of the molecule is Cc1cc(C(=O)NCc2cccn2C)sc1Br. The molecule has 2 heterocycles. The van der Waals surface area contributed by atoms with Crippen LogP contribution in [0.1, 0.15) is 20.9 Å².